The molecule has 1 aromatic carbocycles. The summed E-state index contributed by atoms with van der Waals surface area (Å²) >= 11 is 0. The van der Waals surface area contributed by atoms with E-state index >= 15 is 0 Å². The third-order valence-electron chi connectivity index (χ3n) is 5.81. The van der Waals surface area contributed by atoms with Crippen LogP contribution in [-0.4, -0.2) is 72.3 Å². The number of nitrogens with zero attached hydrogens (tertiary/aromatic N) is 1. The fourth-order valence-corrected chi connectivity index (χ4v) is 4.02. The van der Waals surface area contributed by atoms with Gasteiger partial charge in [-0.3, -0.25) is 14.9 Å². The fourth-order valence-electron chi connectivity index (χ4n) is 4.02. The predicted molar refractivity (Wildman–Crippen MR) is 124 cm³/mol. The third-order valence-corrected chi connectivity index (χ3v) is 5.81. The van der Waals surface area contributed by atoms with Gasteiger partial charge in [-0.05, 0) is 64.4 Å². The second-order valence-electron chi connectivity index (χ2n) is 8.36. The number of benzene rings is 1. The molecule has 3 atom stereocenters. The van der Waals surface area contributed by atoms with E-state index in [9.17, 15) is 14.4 Å². The molecule has 2 N–H and O–H groups in total. The van der Waals surface area contributed by atoms with Crippen molar-refractivity contribution in [2.24, 2.45) is 0 Å². The molecule has 33 heavy (non-hydrogen) atoms. The molecule has 0 aliphatic carbocycles. The number of hydrogen-bond acceptors (Lipinski definition) is 7. The van der Waals surface area contributed by atoms with Gasteiger partial charge in [-0.1, -0.05) is 30.3 Å². The Morgan fingerprint density at radius 3 is 2.61 bits per heavy atom. The lowest BCUT2D eigenvalue weighted by Crippen LogP contribution is -2.53. The molecular weight excluding hydrogens is 424 g/mol. The van der Waals surface area contributed by atoms with Crippen molar-refractivity contribution >= 4 is 17.8 Å². The van der Waals surface area contributed by atoms with Crippen LogP contribution < -0.4 is 5.32 Å². The van der Waals surface area contributed by atoms with Crippen molar-refractivity contribution in [3.05, 3.63) is 35.9 Å². The molecule has 1 aliphatic rings. The van der Waals surface area contributed by atoms with E-state index in [4.69, 9.17) is 14.6 Å². The van der Waals surface area contributed by atoms with E-state index in [1.807, 2.05) is 30.3 Å². The standard InChI is InChI=1S/C25H38N2O6/c1-3-32-24(30)21(15-14-20-11-6-4-7-12-20)26-19(2)23(29)27-16-10-13-22(27)25(31)33-18-9-5-8-17-28/h4,6-7,11-12,19,21-22,26,28H,3,5,8-10,13-18H2,1-2H3. The Hall–Kier alpha value is -2.45. The van der Waals surface area contributed by atoms with Crippen LogP contribution in [0.5, 0.6) is 0 Å². The Bertz CT molecular complexity index is 742. The number of aliphatic hydroxyl groups excluding tert-OH is 1. The second-order valence-corrected chi connectivity index (χ2v) is 8.36. The van der Waals surface area contributed by atoms with Crippen LogP contribution in [0.1, 0.15) is 57.9 Å². The number of rotatable bonds is 14. The number of carbonyl (C=O) groups is 3. The number of carbonyl (C=O) groups excluding carboxylic acids is 3. The number of aliphatic hydroxyl groups is 1. The van der Waals surface area contributed by atoms with Crippen LogP contribution in [-0.2, 0) is 30.3 Å². The number of hydrogen-bond donors (Lipinski definition) is 2. The molecule has 3 unspecified atom stereocenters. The van der Waals surface area contributed by atoms with Crippen molar-refractivity contribution in [2.75, 3.05) is 26.4 Å². The van der Waals surface area contributed by atoms with Gasteiger partial charge in [-0.15, -0.1) is 0 Å². The summed E-state index contributed by atoms with van der Waals surface area (Å²) in [5, 5.41) is 12.0. The Labute approximate surface area is 196 Å². The van der Waals surface area contributed by atoms with Gasteiger partial charge in [0.05, 0.1) is 19.3 Å². The minimum Gasteiger partial charge on any atom is -0.465 e. The smallest absolute Gasteiger partial charge is 0.328 e. The van der Waals surface area contributed by atoms with Crippen molar-refractivity contribution < 1.29 is 29.0 Å². The fraction of sp³-hybridized carbons (Fsp3) is 0.640. The molecule has 1 amide bonds. The maximum atomic E-state index is 13.1. The molecule has 0 radical (unpaired) electrons. The number of aryl methyl sites for hydroxylation is 1. The molecule has 0 bridgehead atoms. The first-order valence-electron chi connectivity index (χ1n) is 12.0. The van der Waals surface area contributed by atoms with Gasteiger partial charge in [0.1, 0.15) is 12.1 Å². The first-order valence-corrected chi connectivity index (χ1v) is 12.0. The van der Waals surface area contributed by atoms with Crippen LogP contribution in [0.4, 0.5) is 0 Å². The number of unbranched alkanes of at least 4 members (excludes halogenated alkanes) is 2. The molecule has 184 valence electrons. The zero-order valence-electron chi connectivity index (χ0n) is 19.8. The van der Waals surface area contributed by atoms with Crippen LogP contribution >= 0.6 is 0 Å². The Morgan fingerprint density at radius 2 is 1.91 bits per heavy atom. The van der Waals surface area contributed by atoms with Crippen LogP contribution in [0.25, 0.3) is 0 Å². The Kier molecular flexibility index (Phi) is 11.9. The minimum absolute atomic E-state index is 0.127. The summed E-state index contributed by atoms with van der Waals surface area (Å²) in [7, 11) is 0. The highest BCUT2D eigenvalue weighted by atomic mass is 16.5. The molecule has 1 heterocycles. The normalized spacial score (nSPS) is 17.4. The first-order chi connectivity index (χ1) is 16.0. The van der Waals surface area contributed by atoms with E-state index in [0.29, 0.717) is 38.6 Å². The number of nitrogens with one attached hydrogen (secondary N) is 1. The van der Waals surface area contributed by atoms with E-state index < -0.39 is 18.1 Å². The third kappa shape index (κ3) is 8.78. The summed E-state index contributed by atoms with van der Waals surface area (Å²) in [5.41, 5.74) is 1.11. The largest absolute Gasteiger partial charge is 0.465 e. The lowest BCUT2D eigenvalue weighted by atomic mass is 10.0. The number of likely N-dealkylation sites (tertiary alicyclic amines) is 1. The highest BCUT2D eigenvalue weighted by molar-refractivity contribution is 5.88. The Morgan fingerprint density at radius 1 is 1.15 bits per heavy atom. The predicted octanol–water partition coefficient (Wildman–Crippen LogP) is 2.23. The van der Waals surface area contributed by atoms with Gasteiger partial charge in [-0.25, -0.2) is 4.79 Å². The van der Waals surface area contributed by atoms with Gasteiger partial charge in [0.2, 0.25) is 5.91 Å². The maximum absolute atomic E-state index is 13.1. The first kappa shape index (κ1) is 26.8. The molecule has 1 aromatic rings. The molecule has 8 heteroatoms. The lowest BCUT2D eigenvalue weighted by Gasteiger charge is -2.28. The zero-order chi connectivity index (χ0) is 24.1. The van der Waals surface area contributed by atoms with E-state index in [1.54, 1.807) is 18.7 Å². The summed E-state index contributed by atoms with van der Waals surface area (Å²) in [4.78, 5) is 39.7. The van der Waals surface area contributed by atoms with Gasteiger partial charge < -0.3 is 19.5 Å². The number of esters is 2. The van der Waals surface area contributed by atoms with E-state index in [0.717, 1.165) is 18.4 Å². The maximum Gasteiger partial charge on any atom is 0.328 e. The van der Waals surface area contributed by atoms with Gasteiger partial charge in [0.15, 0.2) is 0 Å². The quantitative estimate of drug-likeness (QED) is 0.323. The number of ether oxygens (including phenoxy) is 2. The molecule has 2 rings (SSSR count). The van der Waals surface area contributed by atoms with Gasteiger partial charge in [-0.2, -0.15) is 0 Å². The van der Waals surface area contributed by atoms with Crippen molar-refractivity contribution in [3.63, 3.8) is 0 Å². The van der Waals surface area contributed by atoms with Crippen molar-refractivity contribution in [2.45, 2.75) is 76.9 Å². The molecule has 1 fully saturated rings. The van der Waals surface area contributed by atoms with Crippen LogP contribution in [0, 0.1) is 0 Å². The average Bonchev–Trinajstić information content (AvgIpc) is 3.31. The van der Waals surface area contributed by atoms with Crippen molar-refractivity contribution in [3.8, 4) is 0 Å². The molecular formula is C25H38N2O6. The van der Waals surface area contributed by atoms with Gasteiger partial charge >= 0.3 is 11.9 Å². The average molecular weight is 463 g/mol. The summed E-state index contributed by atoms with van der Waals surface area (Å²) in [6.07, 6.45) is 4.64. The molecule has 1 saturated heterocycles. The van der Waals surface area contributed by atoms with Crippen molar-refractivity contribution in [1.82, 2.24) is 10.2 Å². The topological polar surface area (TPSA) is 105 Å². The number of amides is 1. The lowest BCUT2D eigenvalue weighted by molar-refractivity contribution is -0.154. The van der Waals surface area contributed by atoms with Gasteiger partial charge in [0.25, 0.3) is 0 Å². The highest BCUT2D eigenvalue weighted by Gasteiger charge is 2.37. The summed E-state index contributed by atoms with van der Waals surface area (Å²) in [5.74, 6) is -0.986. The summed E-state index contributed by atoms with van der Waals surface area (Å²) in [6, 6.07) is 7.99. The van der Waals surface area contributed by atoms with E-state index in [1.165, 1.54) is 0 Å². The highest BCUT2D eigenvalue weighted by Crippen LogP contribution is 2.20. The molecule has 0 spiro atoms. The summed E-state index contributed by atoms with van der Waals surface area (Å²) in [6.45, 7) is 4.64. The second kappa shape index (κ2) is 14.6. The zero-order valence-corrected chi connectivity index (χ0v) is 19.8. The van der Waals surface area contributed by atoms with Crippen molar-refractivity contribution in [1.29, 1.82) is 0 Å². The summed E-state index contributed by atoms with van der Waals surface area (Å²) < 4.78 is 10.6. The van der Waals surface area contributed by atoms with Crippen LogP contribution in [0.3, 0.4) is 0 Å². The molecule has 1 aliphatic heterocycles. The molecule has 0 saturated carbocycles. The monoisotopic (exact) mass is 462 g/mol. The van der Waals surface area contributed by atoms with E-state index in [-0.39, 0.29) is 37.7 Å². The molecule has 8 nitrogen and oxygen atoms in total. The van der Waals surface area contributed by atoms with Crippen LogP contribution in [0.2, 0.25) is 0 Å². The van der Waals surface area contributed by atoms with E-state index in [2.05, 4.69) is 5.32 Å². The van der Waals surface area contributed by atoms with Gasteiger partial charge in [0, 0.05) is 13.2 Å². The minimum atomic E-state index is -0.645. The molecule has 0 aromatic heterocycles. The SMILES string of the molecule is CCOC(=O)C(CCc1ccccc1)NC(C)C(=O)N1CCCC1C(=O)OCCCCCO. The van der Waals surface area contributed by atoms with Crippen LogP contribution in [0.15, 0.2) is 30.3 Å². The Balaban J connectivity index is 1.93.